The van der Waals surface area contributed by atoms with E-state index in [9.17, 15) is 12.8 Å². The van der Waals surface area contributed by atoms with Crippen LogP contribution in [0.2, 0.25) is 5.02 Å². The SMILES string of the molecule is O=S(=O)(NCc1cccc(I)c1)c1ccc(F)cc1Cl. The number of rotatable bonds is 4. The van der Waals surface area contributed by atoms with Gasteiger partial charge in [-0.3, -0.25) is 0 Å². The average molecular weight is 426 g/mol. The van der Waals surface area contributed by atoms with Crippen molar-refractivity contribution in [3.63, 3.8) is 0 Å². The van der Waals surface area contributed by atoms with Crippen LogP contribution in [-0.2, 0) is 16.6 Å². The molecule has 0 amide bonds. The fourth-order valence-corrected chi connectivity index (χ4v) is 3.75. The van der Waals surface area contributed by atoms with Crippen molar-refractivity contribution in [2.75, 3.05) is 0 Å². The van der Waals surface area contributed by atoms with E-state index in [1.165, 1.54) is 0 Å². The molecule has 0 aliphatic carbocycles. The minimum atomic E-state index is -3.77. The van der Waals surface area contributed by atoms with Gasteiger partial charge in [-0.1, -0.05) is 23.7 Å². The topological polar surface area (TPSA) is 46.2 Å². The van der Waals surface area contributed by atoms with E-state index in [1.807, 2.05) is 24.3 Å². The molecule has 0 aliphatic heterocycles. The standard InChI is InChI=1S/C13H10ClFINO2S/c14-12-7-10(15)4-5-13(12)20(18,19)17-8-9-2-1-3-11(16)6-9/h1-7,17H,8H2. The van der Waals surface area contributed by atoms with Crippen LogP contribution in [0.25, 0.3) is 0 Å². The van der Waals surface area contributed by atoms with Crippen molar-refractivity contribution < 1.29 is 12.8 Å². The molecule has 7 heteroatoms. The maximum Gasteiger partial charge on any atom is 0.242 e. The molecule has 1 N–H and O–H groups in total. The lowest BCUT2D eigenvalue weighted by molar-refractivity contribution is 0.580. The number of nitrogens with one attached hydrogen (secondary N) is 1. The van der Waals surface area contributed by atoms with E-state index >= 15 is 0 Å². The first-order valence-corrected chi connectivity index (χ1v) is 8.51. The van der Waals surface area contributed by atoms with Crippen molar-refractivity contribution in [2.24, 2.45) is 0 Å². The zero-order valence-electron chi connectivity index (χ0n) is 10.1. The predicted octanol–water partition coefficient (Wildman–Crippen LogP) is 3.56. The summed E-state index contributed by atoms with van der Waals surface area (Å²) in [5, 5.41) is -0.139. The Morgan fingerprint density at radius 2 is 1.95 bits per heavy atom. The van der Waals surface area contributed by atoms with Crippen LogP contribution in [0.4, 0.5) is 4.39 Å². The van der Waals surface area contributed by atoms with E-state index in [0.29, 0.717) is 0 Å². The summed E-state index contributed by atoms with van der Waals surface area (Å²) in [6.45, 7) is 0.146. The summed E-state index contributed by atoms with van der Waals surface area (Å²) in [6.07, 6.45) is 0. The highest BCUT2D eigenvalue weighted by molar-refractivity contribution is 14.1. The molecule has 0 saturated carbocycles. The third-order valence-corrected chi connectivity index (χ3v) is 5.09. The van der Waals surface area contributed by atoms with Crippen molar-refractivity contribution in [1.29, 1.82) is 0 Å². The molecular weight excluding hydrogens is 416 g/mol. The minimum absolute atomic E-state index is 0.133. The summed E-state index contributed by atoms with van der Waals surface area (Å²) in [7, 11) is -3.77. The van der Waals surface area contributed by atoms with Crippen molar-refractivity contribution in [2.45, 2.75) is 11.4 Å². The molecule has 3 nitrogen and oxygen atoms in total. The van der Waals surface area contributed by atoms with Crippen LogP contribution < -0.4 is 4.72 Å². The third kappa shape index (κ3) is 3.91. The summed E-state index contributed by atoms with van der Waals surface area (Å²) >= 11 is 7.91. The molecule has 2 rings (SSSR count). The molecule has 0 aromatic heterocycles. The van der Waals surface area contributed by atoms with Gasteiger partial charge in [0, 0.05) is 10.1 Å². The van der Waals surface area contributed by atoms with Crippen LogP contribution in [0.3, 0.4) is 0 Å². The molecule has 20 heavy (non-hydrogen) atoms. The highest BCUT2D eigenvalue weighted by Crippen LogP contribution is 2.22. The lowest BCUT2D eigenvalue weighted by atomic mass is 10.2. The van der Waals surface area contributed by atoms with Gasteiger partial charge in [0.05, 0.1) is 5.02 Å². The van der Waals surface area contributed by atoms with E-state index in [1.54, 1.807) is 0 Å². The van der Waals surface area contributed by atoms with Gasteiger partial charge in [-0.15, -0.1) is 0 Å². The van der Waals surface area contributed by atoms with Gasteiger partial charge >= 0.3 is 0 Å². The Morgan fingerprint density at radius 3 is 2.60 bits per heavy atom. The second-order valence-electron chi connectivity index (χ2n) is 4.03. The van der Waals surface area contributed by atoms with Crippen LogP contribution in [0.1, 0.15) is 5.56 Å². The van der Waals surface area contributed by atoms with E-state index in [2.05, 4.69) is 27.3 Å². The van der Waals surface area contributed by atoms with E-state index in [-0.39, 0.29) is 16.5 Å². The van der Waals surface area contributed by atoms with Crippen LogP contribution in [0, 0.1) is 9.39 Å². The van der Waals surface area contributed by atoms with Gasteiger partial charge in [0.15, 0.2) is 0 Å². The predicted molar refractivity (Wildman–Crippen MR) is 84.6 cm³/mol. The molecule has 0 fully saturated rings. The molecule has 0 unspecified atom stereocenters. The van der Waals surface area contributed by atoms with E-state index < -0.39 is 15.8 Å². The molecule has 2 aromatic carbocycles. The maximum atomic E-state index is 12.9. The number of benzene rings is 2. The Morgan fingerprint density at radius 1 is 1.20 bits per heavy atom. The fraction of sp³-hybridized carbons (Fsp3) is 0.0769. The Kier molecular flexibility index (Phi) is 5.00. The summed E-state index contributed by atoms with van der Waals surface area (Å²) < 4.78 is 40.6. The average Bonchev–Trinajstić information content (AvgIpc) is 2.36. The van der Waals surface area contributed by atoms with Crippen molar-refractivity contribution in [3.05, 3.63) is 62.4 Å². The summed E-state index contributed by atoms with van der Waals surface area (Å²) in [5.74, 6) is -0.577. The van der Waals surface area contributed by atoms with Gasteiger partial charge in [0.2, 0.25) is 10.0 Å². The molecular formula is C13H10ClFINO2S. The van der Waals surface area contributed by atoms with Crippen molar-refractivity contribution in [1.82, 2.24) is 4.72 Å². The number of hydrogen-bond acceptors (Lipinski definition) is 2. The maximum absolute atomic E-state index is 12.9. The minimum Gasteiger partial charge on any atom is -0.207 e. The first kappa shape index (κ1) is 15.7. The highest BCUT2D eigenvalue weighted by atomic mass is 127. The second kappa shape index (κ2) is 6.38. The Bertz CT molecular complexity index is 737. The van der Waals surface area contributed by atoms with Gasteiger partial charge in [0.1, 0.15) is 10.7 Å². The summed E-state index contributed by atoms with van der Waals surface area (Å²) in [4.78, 5) is -0.133. The lowest BCUT2D eigenvalue weighted by Crippen LogP contribution is -2.23. The highest BCUT2D eigenvalue weighted by Gasteiger charge is 2.17. The van der Waals surface area contributed by atoms with Crippen molar-refractivity contribution in [3.8, 4) is 0 Å². The molecule has 106 valence electrons. The molecule has 0 bridgehead atoms. The van der Waals surface area contributed by atoms with E-state index in [4.69, 9.17) is 11.6 Å². The summed E-state index contributed by atoms with van der Waals surface area (Å²) in [5.41, 5.74) is 0.832. The Balaban J connectivity index is 2.19. The number of sulfonamides is 1. The van der Waals surface area contributed by atoms with Crippen molar-refractivity contribution >= 4 is 44.2 Å². The molecule has 2 aromatic rings. The molecule has 0 aliphatic rings. The Hall–Kier alpha value is -0.700. The third-order valence-electron chi connectivity index (χ3n) is 2.54. The lowest BCUT2D eigenvalue weighted by Gasteiger charge is -2.08. The number of hydrogen-bond donors (Lipinski definition) is 1. The zero-order valence-corrected chi connectivity index (χ0v) is 13.8. The second-order valence-corrected chi connectivity index (χ2v) is 7.42. The Labute approximate surface area is 135 Å². The molecule has 0 atom stereocenters. The molecule has 0 saturated heterocycles. The van der Waals surface area contributed by atoms with Gasteiger partial charge in [-0.25, -0.2) is 17.5 Å². The monoisotopic (exact) mass is 425 g/mol. The fourth-order valence-electron chi connectivity index (χ4n) is 1.60. The van der Waals surface area contributed by atoms with Crippen LogP contribution >= 0.6 is 34.2 Å². The van der Waals surface area contributed by atoms with Crippen LogP contribution in [0.15, 0.2) is 47.4 Å². The molecule has 0 spiro atoms. The molecule has 0 radical (unpaired) electrons. The van der Waals surface area contributed by atoms with E-state index in [0.717, 1.165) is 27.3 Å². The van der Waals surface area contributed by atoms with Gasteiger partial charge in [0.25, 0.3) is 0 Å². The van der Waals surface area contributed by atoms with Crippen LogP contribution in [-0.4, -0.2) is 8.42 Å². The van der Waals surface area contributed by atoms with Gasteiger partial charge < -0.3 is 0 Å². The molecule has 0 heterocycles. The quantitative estimate of drug-likeness (QED) is 0.762. The zero-order chi connectivity index (χ0) is 14.8. The number of halogens is 3. The normalized spacial score (nSPS) is 11.6. The van der Waals surface area contributed by atoms with Crippen LogP contribution in [0.5, 0.6) is 0 Å². The van der Waals surface area contributed by atoms with Gasteiger partial charge in [-0.05, 0) is 58.5 Å². The first-order chi connectivity index (χ1) is 9.38. The van der Waals surface area contributed by atoms with Gasteiger partial charge in [-0.2, -0.15) is 0 Å². The smallest absolute Gasteiger partial charge is 0.207 e. The largest absolute Gasteiger partial charge is 0.242 e. The summed E-state index contributed by atoms with van der Waals surface area (Å²) in [6, 6.07) is 10.6. The first-order valence-electron chi connectivity index (χ1n) is 5.58.